The Morgan fingerprint density at radius 1 is 1.26 bits per heavy atom. The Hall–Kier alpha value is -2.52. The second kappa shape index (κ2) is 8.45. The van der Waals surface area contributed by atoms with Gasteiger partial charge in [0.1, 0.15) is 17.4 Å². The van der Waals surface area contributed by atoms with Crippen molar-refractivity contribution in [1.29, 1.82) is 5.26 Å². The molecule has 1 aliphatic rings. The highest BCUT2D eigenvalue weighted by atomic mass is 16.3. The highest BCUT2D eigenvalue weighted by Gasteiger charge is 2.37. The van der Waals surface area contributed by atoms with Gasteiger partial charge in [-0.2, -0.15) is 5.26 Å². The summed E-state index contributed by atoms with van der Waals surface area (Å²) in [7, 11) is 0. The molecule has 1 aliphatic heterocycles. The van der Waals surface area contributed by atoms with Crippen LogP contribution in [-0.2, 0) is 11.2 Å². The summed E-state index contributed by atoms with van der Waals surface area (Å²) in [5.74, 6) is -0.163. The van der Waals surface area contributed by atoms with E-state index in [4.69, 9.17) is 0 Å². The van der Waals surface area contributed by atoms with Crippen LogP contribution >= 0.6 is 0 Å². The molecule has 2 rings (SSSR count). The van der Waals surface area contributed by atoms with Crippen LogP contribution in [0.1, 0.15) is 46.1 Å². The van der Waals surface area contributed by atoms with Gasteiger partial charge in [0.15, 0.2) is 0 Å². The molecule has 6 heteroatoms. The first-order chi connectivity index (χ1) is 12.6. The number of hydrogen-bond donors (Lipinski definition) is 4. The number of aromatic hydroxyl groups is 1. The zero-order valence-electron chi connectivity index (χ0n) is 16.6. The van der Waals surface area contributed by atoms with E-state index in [0.29, 0.717) is 13.0 Å². The number of carbonyl (C=O) groups is 1. The maximum Gasteiger partial charge on any atom is 0.263 e. The number of nitrogens with zero attached hydrogens (tertiary/aromatic N) is 1. The Balaban J connectivity index is 1.88. The van der Waals surface area contributed by atoms with Crippen LogP contribution in [0.4, 0.5) is 0 Å². The lowest BCUT2D eigenvalue weighted by molar-refractivity contribution is -0.117. The van der Waals surface area contributed by atoms with Crippen molar-refractivity contribution in [2.45, 2.75) is 64.1 Å². The Bertz CT molecular complexity index is 714. The van der Waals surface area contributed by atoms with Gasteiger partial charge in [-0.05, 0) is 64.7 Å². The van der Waals surface area contributed by atoms with Crippen LogP contribution in [0.3, 0.4) is 0 Å². The van der Waals surface area contributed by atoms with Crippen LogP contribution in [0.2, 0.25) is 0 Å². The number of phenols is 1. The van der Waals surface area contributed by atoms with E-state index >= 15 is 0 Å². The summed E-state index contributed by atoms with van der Waals surface area (Å²) < 4.78 is 0. The first-order valence-electron chi connectivity index (χ1n) is 9.32. The first kappa shape index (κ1) is 20.8. The van der Waals surface area contributed by atoms with Gasteiger partial charge in [-0.25, -0.2) is 0 Å². The van der Waals surface area contributed by atoms with Gasteiger partial charge in [-0.15, -0.1) is 0 Å². The van der Waals surface area contributed by atoms with Gasteiger partial charge in [0.2, 0.25) is 0 Å². The van der Waals surface area contributed by atoms with Crippen molar-refractivity contribution in [1.82, 2.24) is 16.0 Å². The molecule has 1 heterocycles. The third-order valence-electron chi connectivity index (χ3n) is 4.65. The fourth-order valence-electron chi connectivity index (χ4n) is 3.87. The standard InChI is InChI=1S/C21H30N4O2/c1-20(2)11-17(12-21(3,4)25-20)24-14-16(13-22)19(27)23-10-9-15-5-7-18(26)8-6-15/h5-8,14,17,24-26H,9-12H2,1-4H3,(H,23,27)/b16-14-. The first-order valence-corrected chi connectivity index (χ1v) is 9.32. The summed E-state index contributed by atoms with van der Waals surface area (Å²) in [5.41, 5.74) is 1.07. The molecule has 0 radical (unpaired) electrons. The van der Waals surface area contributed by atoms with Crippen molar-refractivity contribution in [3.8, 4) is 11.8 Å². The molecule has 1 aromatic carbocycles. The molecular formula is C21H30N4O2. The summed E-state index contributed by atoms with van der Waals surface area (Å²) in [5, 5.41) is 28.3. The topological polar surface area (TPSA) is 97.2 Å². The van der Waals surface area contributed by atoms with E-state index in [1.165, 1.54) is 6.20 Å². The lowest BCUT2D eigenvalue weighted by Crippen LogP contribution is -2.61. The number of hydrogen-bond acceptors (Lipinski definition) is 5. The third kappa shape index (κ3) is 6.61. The minimum atomic E-state index is -0.378. The predicted octanol–water partition coefficient (Wildman–Crippen LogP) is 2.36. The molecule has 6 nitrogen and oxygen atoms in total. The van der Waals surface area contributed by atoms with Gasteiger partial charge in [0.25, 0.3) is 5.91 Å². The van der Waals surface area contributed by atoms with Crippen LogP contribution in [0, 0.1) is 11.3 Å². The van der Waals surface area contributed by atoms with Crippen molar-refractivity contribution < 1.29 is 9.90 Å². The minimum Gasteiger partial charge on any atom is -0.508 e. The molecule has 27 heavy (non-hydrogen) atoms. The van der Waals surface area contributed by atoms with E-state index in [1.54, 1.807) is 12.1 Å². The van der Waals surface area contributed by atoms with Crippen LogP contribution in [-0.4, -0.2) is 34.7 Å². The number of piperidine rings is 1. The Morgan fingerprint density at radius 2 is 1.85 bits per heavy atom. The lowest BCUT2D eigenvalue weighted by Gasteiger charge is -2.46. The maximum atomic E-state index is 12.3. The molecule has 1 saturated heterocycles. The zero-order chi connectivity index (χ0) is 20.1. The molecule has 0 atom stereocenters. The van der Waals surface area contributed by atoms with Crippen LogP contribution in [0.5, 0.6) is 5.75 Å². The van der Waals surface area contributed by atoms with Crippen molar-refractivity contribution in [2.24, 2.45) is 0 Å². The van der Waals surface area contributed by atoms with Crippen LogP contribution in [0.15, 0.2) is 36.0 Å². The quantitative estimate of drug-likeness (QED) is 0.455. The monoisotopic (exact) mass is 370 g/mol. The van der Waals surface area contributed by atoms with Gasteiger partial charge in [-0.3, -0.25) is 4.79 Å². The van der Waals surface area contributed by atoms with Crippen LogP contribution in [0.25, 0.3) is 0 Å². The smallest absolute Gasteiger partial charge is 0.263 e. The van der Waals surface area contributed by atoms with Crippen LogP contribution < -0.4 is 16.0 Å². The minimum absolute atomic E-state index is 0.00750. The molecule has 0 aliphatic carbocycles. The fraction of sp³-hybridized carbons (Fsp3) is 0.524. The highest BCUT2D eigenvalue weighted by molar-refractivity contribution is 5.97. The number of rotatable bonds is 6. The van der Waals surface area contributed by atoms with E-state index < -0.39 is 0 Å². The van der Waals surface area contributed by atoms with Crippen molar-refractivity contribution >= 4 is 5.91 Å². The molecule has 146 valence electrons. The molecule has 0 bridgehead atoms. The van der Waals surface area contributed by atoms with Crippen molar-refractivity contribution in [3.05, 3.63) is 41.6 Å². The number of phenolic OH excluding ortho intramolecular Hbond substituents is 1. The molecule has 0 saturated carbocycles. The fourth-order valence-corrected chi connectivity index (χ4v) is 3.87. The zero-order valence-corrected chi connectivity index (χ0v) is 16.6. The SMILES string of the molecule is CC1(C)CC(N/C=C(/C#N)C(=O)NCCc2ccc(O)cc2)CC(C)(C)N1. The second-order valence-electron chi connectivity index (χ2n) is 8.51. The summed E-state index contributed by atoms with van der Waals surface area (Å²) in [6.07, 6.45) is 4.00. The normalized spacial score (nSPS) is 19.1. The van der Waals surface area contributed by atoms with Gasteiger partial charge in [-0.1, -0.05) is 12.1 Å². The number of benzene rings is 1. The number of nitrogens with one attached hydrogen (secondary N) is 3. The Labute approximate surface area is 161 Å². The Morgan fingerprint density at radius 3 is 2.41 bits per heavy atom. The highest BCUT2D eigenvalue weighted by Crippen LogP contribution is 2.28. The van der Waals surface area contributed by atoms with Gasteiger partial charge in [0, 0.05) is 29.9 Å². The van der Waals surface area contributed by atoms with E-state index in [9.17, 15) is 15.2 Å². The molecular weight excluding hydrogens is 340 g/mol. The summed E-state index contributed by atoms with van der Waals surface area (Å²) in [4.78, 5) is 12.3. The average Bonchev–Trinajstić information content (AvgIpc) is 2.54. The predicted molar refractivity (Wildman–Crippen MR) is 106 cm³/mol. The van der Waals surface area contributed by atoms with Gasteiger partial charge >= 0.3 is 0 Å². The number of nitriles is 1. The molecule has 4 N–H and O–H groups in total. The van der Waals surface area contributed by atoms with Gasteiger partial charge < -0.3 is 21.1 Å². The maximum absolute atomic E-state index is 12.3. The van der Waals surface area contributed by atoms with E-state index in [-0.39, 0.29) is 34.3 Å². The number of carbonyl (C=O) groups excluding carboxylic acids is 1. The van der Waals surface area contributed by atoms with Crippen molar-refractivity contribution in [3.63, 3.8) is 0 Å². The van der Waals surface area contributed by atoms with E-state index in [0.717, 1.165) is 18.4 Å². The third-order valence-corrected chi connectivity index (χ3v) is 4.65. The average molecular weight is 370 g/mol. The largest absolute Gasteiger partial charge is 0.508 e. The van der Waals surface area contributed by atoms with E-state index in [1.807, 2.05) is 18.2 Å². The summed E-state index contributed by atoms with van der Waals surface area (Å²) in [6, 6.07) is 9.03. The molecule has 1 fully saturated rings. The molecule has 0 spiro atoms. The lowest BCUT2D eigenvalue weighted by atomic mass is 9.80. The summed E-state index contributed by atoms with van der Waals surface area (Å²) in [6.45, 7) is 9.07. The van der Waals surface area contributed by atoms with Gasteiger partial charge in [0.05, 0.1) is 0 Å². The summed E-state index contributed by atoms with van der Waals surface area (Å²) >= 11 is 0. The molecule has 1 aromatic rings. The van der Waals surface area contributed by atoms with Crippen molar-refractivity contribution in [2.75, 3.05) is 6.54 Å². The number of amides is 1. The van der Waals surface area contributed by atoms with E-state index in [2.05, 4.69) is 43.6 Å². The molecule has 0 aromatic heterocycles. The second-order valence-corrected chi connectivity index (χ2v) is 8.51. The molecule has 1 amide bonds. The molecule has 0 unspecified atom stereocenters. The Kier molecular flexibility index (Phi) is 6.50.